The van der Waals surface area contributed by atoms with E-state index >= 15 is 0 Å². The molecule has 2 rings (SSSR count). The second-order valence-electron chi connectivity index (χ2n) is 5.08. The topological polar surface area (TPSA) is 64.3 Å². The molecule has 0 spiro atoms. The number of ether oxygens (including phenoxy) is 1. The highest BCUT2D eigenvalue weighted by atomic mass is 16.5. The lowest BCUT2D eigenvalue weighted by molar-refractivity contribution is -0.129. The van der Waals surface area contributed by atoms with E-state index in [0.29, 0.717) is 6.54 Å². The highest BCUT2D eigenvalue weighted by molar-refractivity contribution is 5.93. The molecule has 4 heteroatoms. The van der Waals surface area contributed by atoms with Crippen LogP contribution in [-0.4, -0.2) is 18.1 Å². The number of benzene rings is 1. The molecule has 1 aliphatic rings. The molecule has 1 aromatic rings. The van der Waals surface area contributed by atoms with Crippen molar-refractivity contribution >= 4 is 11.6 Å². The molecule has 1 saturated carbocycles. The van der Waals surface area contributed by atoms with Crippen molar-refractivity contribution in [3.8, 4) is 0 Å². The zero-order chi connectivity index (χ0) is 13.7. The lowest BCUT2D eigenvalue weighted by atomic mass is 10.2. The molecule has 4 nitrogen and oxygen atoms in total. The number of anilines is 1. The lowest BCUT2D eigenvalue weighted by Crippen LogP contribution is -2.30. The molecule has 3 N–H and O–H groups in total. The molecule has 0 aromatic heterocycles. The third-order valence-corrected chi connectivity index (χ3v) is 3.53. The van der Waals surface area contributed by atoms with E-state index in [1.807, 2.05) is 31.2 Å². The summed E-state index contributed by atoms with van der Waals surface area (Å²) in [4.78, 5) is 12.0. The van der Waals surface area contributed by atoms with Gasteiger partial charge in [-0.2, -0.15) is 0 Å². The molecule has 19 heavy (non-hydrogen) atoms. The highest BCUT2D eigenvalue weighted by Crippen LogP contribution is 2.22. The Morgan fingerprint density at radius 1 is 1.37 bits per heavy atom. The first kappa shape index (κ1) is 14.0. The van der Waals surface area contributed by atoms with Gasteiger partial charge in [0.15, 0.2) is 0 Å². The number of nitrogens with one attached hydrogen (secondary N) is 1. The predicted molar refractivity (Wildman–Crippen MR) is 75.8 cm³/mol. The first-order chi connectivity index (χ1) is 9.19. The third kappa shape index (κ3) is 4.04. The Morgan fingerprint density at radius 2 is 2.00 bits per heavy atom. The van der Waals surface area contributed by atoms with Gasteiger partial charge in [-0.05, 0) is 37.5 Å². The molecule has 1 aliphatic carbocycles. The summed E-state index contributed by atoms with van der Waals surface area (Å²) in [5.74, 6) is -0.0904. The van der Waals surface area contributed by atoms with Crippen molar-refractivity contribution in [2.45, 2.75) is 51.4 Å². The highest BCUT2D eigenvalue weighted by Gasteiger charge is 2.22. The average Bonchev–Trinajstić information content (AvgIpc) is 2.92. The maximum atomic E-state index is 12.0. The van der Waals surface area contributed by atoms with Gasteiger partial charge in [-0.1, -0.05) is 25.0 Å². The molecular formula is C15H22N2O2. The summed E-state index contributed by atoms with van der Waals surface area (Å²) in [5, 5.41) is 2.86. The van der Waals surface area contributed by atoms with Crippen molar-refractivity contribution in [1.82, 2.24) is 0 Å². The molecule has 1 aromatic carbocycles. The first-order valence-corrected chi connectivity index (χ1v) is 6.94. The van der Waals surface area contributed by atoms with E-state index in [2.05, 4.69) is 5.32 Å². The lowest BCUT2D eigenvalue weighted by Gasteiger charge is -2.18. The van der Waals surface area contributed by atoms with Crippen LogP contribution in [0.25, 0.3) is 0 Å². The monoisotopic (exact) mass is 262 g/mol. The Kier molecular flexibility index (Phi) is 4.93. The van der Waals surface area contributed by atoms with E-state index in [9.17, 15) is 4.79 Å². The van der Waals surface area contributed by atoms with Crippen molar-refractivity contribution in [2.24, 2.45) is 5.73 Å². The van der Waals surface area contributed by atoms with E-state index in [4.69, 9.17) is 10.5 Å². The summed E-state index contributed by atoms with van der Waals surface area (Å²) < 4.78 is 5.76. The van der Waals surface area contributed by atoms with Gasteiger partial charge >= 0.3 is 0 Å². The zero-order valence-electron chi connectivity index (χ0n) is 11.4. The zero-order valence-corrected chi connectivity index (χ0v) is 11.4. The van der Waals surface area contributed by atoms with Gasteiger partial charge in [0.1, 0.15) is 6.10 Å². The largest absolute Gasteiger partial charge is 0.365 e. The minimum Gasteiger partial charge on any atom is -0.365 e. The van der Waals surface area contributed by atoms with Gasteiger partial charge in [-0.3, -0.25) is 4.79 Å². The summed E-state index contributed by atoms with van der Waals surface area (Å²) in [6.07, 6.45) is 4.41. The van der Waals surface area contributed by atoms with Crippen molar-refractivity contribution in [3.05, 3.63) is 29.8 Å². The van der Waals surface area contributed by atoms with Gasteiger partial charge in [-0.25, -0.2) is 0 Å². The molecule has 1 amide bonds. The van der Waals surface area contributed by atoms with Crippen LogP contribution in [0.15, 0.2) is 24.3 Å². The number of rotatable bonds is 5. The maximum Gasteiger partial charge on any atom is 0.253 e. The van der Waals surface area contributed by atoms with Crippen LogP contribution >= 0.6 is 0 Å². The number of carbonyl (C=O) groups is 1. The van der Waals surface area contributed by atoms with Crippen LogP contribution in [0.5, 0.6) is 0 Å². The minimum atomic E-state index is -0.405. The normalized spacial score (nSPS) is 17.4. The van der Waals surface area contributed by atoms with Crippen molar-refractivity contribution < 1.29 is 9.53 Å². The smallest absolute Gasteiger partial charge is 0.253 e. The van der Waals surface area contributed by atoms with Gasteiger partial charge in [0.05, 0.1) is 6.10 Å². The summed E-state index contributed by atoms with van der Waals surface area (Å²) in [6, 6.07) is 7.56. The Hall–Kier alpha value is -1.39. The Balaban J connectivity index is 1.84. The van der Waals surface area contributed by atoms with Crippen LogP contribution in [-0.2, 0) is 16.1 Å². The minimum absolute atomic E-state index is 0.0904. The van der Waals surface area contributed by atoms with Crippen LogP contribution in [0.1, 0.15) is 38.2 Å². The number of nitrogens with two attached hydrogens (primary N) is 1. The quantitative estimate of drug-likeness (QED) is 0.856. The van der Waals surface area contributed by atoms with Crippen molar-refractivity contribution in [1.29, 1.82) is 0 Å². The summed E-state index contributed by atoms with van der Waals surface area (Å²) in [7, 11) is 0. The van der Waals surface area contributed by atoms with Gasteiger partial charge in [0, 0.05) is 12.2 Å². The molecule has 0 radical (unpaired) electrons. The van der Waals surface area contributed by atoms with Crippen LogP contribution in [0.4, 0.5) is 5.69 Å². The van der Waals surface area contributed by atoms with E-state index in [0.717, 1.165) is 24.1 Å². The van der Waals surface area contributed by atoms with Crippen molar-refractivity contribution in [2.75, 3.05) is 5.32 Å². The molecule has 0 bridgehead atoms. The third-order valence-electron chi connectivity index (χ3n) is 3.53. The van der Waals surface area contributed by atoms with Gasteiger partial charge < -0.3 is 15.8 Å². The molecule has 0 heterocycles. The maximum absolute atomic E-state index is 12.0. The van der Waals surface area contributed by atoms with E-state index in [1.54, 1.807) is 0 Å². The second-order valence-corrected chi connectivity index (χ2v) is 5.08. The average molecular weight is 262 g/mol. The molecule has 0 saturated heterocycles. The number of amides is 1. The fraction of sp³-hybridized carbons (Fsp3) is 0.533. The second kappa shape index (κ2) is 6.68. The Morgan fingerprint density at radius 3 is 2.58 bits per heavy atom. The van der Waals surface area contributed by atoms with Gasteiger partial charge in [0.2, 0.25) is 0 Å². The van der Waals surface area contributed by atoms with Crippen LogP contribution in [0.3, 0.4) is 0 Å². The SMILES string of the molecule is CC(OC1CCCC1)C(=O)Nc1ccc(CN)cc1. The van der Waals surface area contributed by atoms with Gasteiger partial charge in [0.25, 0.3) is 5.91 Å². The number of hydrogen-bond donors (Lipinski definition) is 2. The molecule has 1 fully saturated rings. The van der Waals surface area contributed by atoms with E-state index in [1.165, 1.54) is 12.8 Å². The predicted octanol–water partition coefficient (Wildman–Crippen LogP) is 2.43. The summed E-state index contributed by atoms with van der Waals surface area (Å²) in [5.41, 5.74) is 7.36. The Labute approximate surface area is 114 Å². The molecule has 104 valence electrons. The fourth-order valence-corrected chi connectivity index (χ4v) is 2.34. The van der Waals surface area contributed by atoms with Gasteiger partial charge in [-0.15, -0.1) is 0 Å². The number of carbonyl (C=O) groups excluding carboxylic acids is 1. The summed E-state index contributed by atoms with van der Waals surface area (Å²) >= 11 is 0. The molecule has 0 aliphatic heterocycles. The number of hydrogen-bond acceptors (Lipinski definition) is 3. The summed E-state index contributed by atoms with van der Waals surface area (Å²) in [6.45, 7) is 2.32. The van der Waals surface area contributed by atoms with Crippen LogP contribution in [0, 0.1) is 0 Å². The fourth-order valence-electron chi connectivity index (χ4n) is 2.34. The molecule has 1 unspecified atom stereocenters. The van der Waals surface area contributed by atoms with Crippen LogP contribution in [0.2, 0.25) is 0 Å². The first-order valence-electron chi connectivity index (χ1n) is 6.94. The Bertz CT molecular complexity index is 411. The van der Waals surface area contributed by atoms with Crippen LogP contribution < -0.4 is 11.1 Å². The van der Waals surface area contributed by atoms with E-state index in [-0.39, 0.29) is 12.0 Å². The standard InChI is InChI=1S/C15H22N2O2/c1-11(19-14-4-2-3-5-14)15(18)17-13-8-6-12(10-16)7-9-13/h6-9,11,14H,2-5,10,16H2,1H3,(H,17,18). The van der Waals surface area contributed by atoms with Crippen molar-refractivity contribution in [3.63, 3.8) is 0 Å². The molecule has 1 atom stereocenters. The molecular weight excluding hydrogens is 240 g/mol. The van der Waals surface area contributed by atoms with E-state index < -0.39 is 6.10 Å².